The number of aromatic nitrogens is 1. The van der Waals surface area contributed by atoms with Crippen molar-refractivity contribution in [1.29, 1.82) is 0 Å². The molecule has 3 aliphatic carbocycles. The number of rotatable bonds is 7. The van der Waals surface area contributed by atoms with Gasteiger partial charge in [0.2, 0.25) is 0 Å². The summed E-state index contributed by atoms with van der Waals surface area (Å²) in [5.41, 5.74) is 6.63. The molecule has 0 aliphatic heterocycles. The Hall–Kier alpha value is -2.29. The molecule has 4 heteroatoms. The molecule has 2 bridgehead atoms. The van der Waals surface area contributed by atoms with Crippen molar-refractivity contribution in [2.24, 2.45) is 17.8 Å². The number of carbonyl (C=O) groups excluding carboxylic acids is 1. The molecular weight excluding hydrogens is 671 g/mol. The van der Waals surface area contributed by atoms with Gasteiger partial charge in [0.25, 0.3) is 0 Å². The Labute approximate surface area is 255 Å². The fourth-order valence-corrected chi connectivity index (χ4v) is 6.68. The molecule has 1 radical (unpaired) electrons. The van der Waals surface area contributed by atoms with E-state index < -0.39 is 0 Å². The molecule has 3 aliphatic rings. The van der Waals surface area contributed by atoms with Crippen LogP contribution in [-0.4, -0.2) is 15.9 Å². The zero-order valence-corrected chi connectivity index (χ0v) is 27.5. The molecule has 40 heavy (non-hydrogen) atoms. The summed E-state index contributed by atoms with van der Waals surface area (Å²) in [6, 6.07) is 17.1. The number of aryl methyl sites for hydroxylation is 2. The average molecular weight is 717 g/mol. The number of pyridine rings is 1. The number of hydrogen-bond donors (Lipinski definition) is 1. The monoisotopic (exact) mass is 717 g/mol. The standard InChI is InChI=1S/C25H26N.C11H20O2.Ir/c1-17-14-18(2)16-20(15-17)24-22-4-3-5-23(21(22)9-13-26-24)25-10-6-19(7-11-25)8-12-25;1-8(2)5-10(12)7-11(13)6-9(3)4;/h3-5,9,13-15,19H,6-8,10-12H2,1-2H3;7-9,12H,5-6H2,1-4H3;/q-1;;/b;10-7-;. The fourth-order valence-electron chi connectivity index (χ4n) is 6.68. The number of aliphatic hydroxyl groups excluding tert-OH is 1. The largest absolute Gasteiger partial charge is 0.512 e. The van der Waals surface area contributed by atoms with E-state index in [9.17, 15) is 9.90 Å². The topological polar surface area (TPSA) is 50.2 Å². The Morgan fingerprint density at radius 3 is 2.25 bits per heavy atom. The second kappa shape index (κ2) is 14.1. The Kier molecular flexibility index (Phi) is 11.3. The van der Waals surface area contributed by atoms with Gasteiger partial charge in [0.05, 0.1) is 5.76 Å². The summed E-state index contributed by atoms with van der Waals surface area (Å²) >= 11 is 0. The molecule has 0 amide bonds. The van der Waals surface area contributed by atoms with Crippen LogP contribution in [0.15, 0.2) is 54.4 Å². The summed E-state index contributed by atoms with van der Waals surface area (Å²) in [6.45, 7) is 12.3. The number of aliphatic hydroxyl groups is 1. The van der Waals surface area contributed by atoms with E-state index in [2.05, 4.69) is 56.3 Å². The average Bonchev–Trinajstić information content (AvgIpc) is 2.88. The van der Waals surface area contributed by atoms with Gasteiger partial charge in [-0.15, -0.1) is 34.9 Å². The molecule has 6 rings (SSSR count). The van der Waals surface area contributed by atoms with Crippen molar-refractivity contribution < 1.29 is 30.0 Å². The third-order valence-corrected chi connectivity index (χ3v) is 8.43. The third kappa shape index (κ3) is 7.92. The van der Waals surface area contributed by atoms with Gasteiger partial charge < -0.3 is 10.1 Å². The second-order valence-electron chi connectivity index (χ2n) is 12.9. The maximum absolute atomic E-state index is 11.2. The van der Waals surface area contributed by atoms with Crippen LogP contribution in [0.4, 0.5) is 0 Å². The molecule has 217 valence electrons. The van der Waals surface area contributed by atoms with Gasteiger partial charge in [0.15, 0.2) is 5.78 Å². The summed E-state index contributed by atoms with van der Waals surface area (Å²) in [4.78, 5) is 16.0. The van der Waals surface area contributed by atoms with E-state index in [1.807, 2.05) is 33.9 Å². The molecule has 1 heterocycles. The maximum Gasteiger partial charge on any atom is 0.159 e. The zero-order valence-electron chi connectivity index (χ0n) is 25.1. The Bertz CT molecular complexity index is 1300. The van der Waals surface area contributed by atoms with Crippen LogP contribution in [0, 0.1) is 37.7 Å². The molecule has 0 unspecified atom stereocenters. The van der Waals surface area contributed by atoms with Crippen molar-refractivity contribution in [3.63, 3.8) is 0 Å². The van der Waals surface area contributed by atoms with Gasteiger partial charge in [-0.1, -0.05) is 59.7 Å². The molecule has 3 fully saturated rings. The quantitative estimate of drug-likeness (QED) is 0.151. The number of ketones is 1. The molecule has 2 aromatic carbocycles. The molecule has 0 saturated heterocycles. The number of allylic oxidation sites excluding steroid dienone is 2. The first kappa shape index (κ1) is 32.2. The first-order chi connectivity index (χ1) is 18.6. The van der Waals surface area contributed by atoms with Gasteiger partial charge in [0.1, 0.15) is 0 Å². The van der Waals surface area contributed by atoms with Crippen LogP contribution in [0.1, 0.15) is 95.8 Å². The second-order valence-corrected chi connectivity index (χ2v) is 12.9. The van der Waals surface area contributed by atoms with E-state index in [0.29, 0.717) is 30.1 Å². The Balaban J connectivity index is 0.000000272. The van der Waals surface area contributed by atoms with Crippen molar-refractivity contribution in [1.82, 2.24) is 4.98 Å². The van der Waals surface area contributed by atoms with Crippen LogP contribution in [0.5, 0.6) is 0 Å². The van der Waals surface area contributed by atoms with Gasteiger partial charge in [-0.3, -0.25) is 4.79 Å². The van der Waals surface area contributed by atoms with Crippen molar-refractivity contribution in [2.75, 3.05) is 0 Å². The van der Waals surface area contributed by atoms with Gasteiger partial charge in [-0.25, -0.2) is 0 Å². The predicted octanol–water partition coefficient (Wildman–Crippen LogP) is 9.63. The number of hydrogen-bond acceptors (Lipinski definition) is 3. The zero-order chi connectivity index (χ0) is 28.2. The Morgan fingerprint density at radius 2 is 1.65 bits per heavy atom. The first-order valence-corrected chi connectivity index (χ1v) is 14.9. The summed E-state index contributed by atoms with van der Waals surface area (Å²) in [7, 11) is 0. The van der Waals surface area contributed by atoms with E-state index in [4.69, 9.17) is 4.98 Å². The van der Waals surface area contributed by atoms with Gasteiger partial charge in [0, 0.05) is 45.2 Å². The maximum atomic E-state index is 11.2. The van der Waals surface area contributed by atoms with Crippen LogP contribution in [0.3, 0.4) is 0 Å². The van der Waals surface area contributed by atoms with E-state index in [-0.39, 0.29) is 31.6 Å². The fraction of sp³-hybridized carbons (Fsp3) is 0.500. The molecule has 3 saturated carbocycles. The predicted molar refractivity (Wildman–Crippen MR) is 163 cm³/mol. The van der Waals surface area contributed by atoms with Crippen LogP contribution in [0.2, 0.25) is 0 Å². The third-order valence-electron chi connectivity index (χ3n) is 8.43. The number of fused-ring (bicyclic) bond motifs is 4. The summed E-state index contributed by atoms with van der Waals surface area (Å²) < 4.78 is 0. The molecule has 3 nitrogen and oxygen atoms in total. The van der Waals surface area contributed by atoms with E-state index in [1.165, 1.54) is 66.5 Å². The van der Waals surface area contributed by atoms with Crippen LogP contribution >= 0.6 is 0 Å². The molecule has 0 atom stereocenters. The molecular formula is C36H46IrNO2-. The normalized spacial score (nSPS) is 20.3. The molecule has 1 N–H and O–H groups in total. The van der Waals surface area contributed by atoms with Crippen molar-refractivity contribution >= 4 is 16.6 Å². The minimum absolute atomic E-state index is 0. The Morgan fingerprint density at radius 1 is 1.00 bits per heavy atom. The SMILES string of the molecule is CC(C)CC(=O)/C=C(\O)CC(C)C.Cc1[c-]c(-c2nccc3c(C45CCC(CC4)CC5)cccc23)cc(C)c1.[Ir]. The number of nitrogens with zero attached hydrogens (tertiary/aromatic N) is 1. The van der Waals surface area contributed by atoms with E-state index >= 15 is 0 Å². The number of benzene rings is 2. The minimum atomic E-state index is 0. The summed E-state index contributed by atoms with van der Waals surface area (Å²) in [5, 5.41) is 12.0. The van der Waals surface area contributed by atoms with Crippen LogP contribution in [-0.2, 0) is 30.3 Å². The first-order valence-electron chi connectivity index (χ1n) is 14.9. The van der Waals surface area contributed by atoms with Gasteiger partial charge in [-0.2, -0.15) is 0 Å². The van der Waals surface area contributed by atoms with Crippen LogP contribution < -0.4 is 0 Å². The smallest absolute Gasteiger partial charge is 0.159 e. The van der Waals surface area contributed by atoms with Gasteiger partial charge in [-0.05, 0) is 89.8 Å². The van der Waals surface area contributed by atoms with E-state index in [1.54, 1.807) is 5.56 Å². The summed E-state index contributed by atoms with van der Waals surface area (Å²) in [5.74, 6) is 1.97. The molecule has 0 spiro atoms. The molecule has 3 aromatic rings. The van der Waals surface area contributed by atoms with E-state index in [0.717, 1.165) is 17.2 Å². The summed E-state index contributed by atoms with van der Waals surface area (Å²) in [6.07, 6.45) is 12.8. The van der Waals surface area contributed by atoms with Gasteiger partial charge >= 0.3 is 0 Å². The minimum Gasteiger partial charge on any atom is -0.512 e. The van der Waals surface area contributed by atoms with Crippen molar-refractivity contribution in [3.05, 3.63) is 77.2 Å². The van der Waals surface area contributed by atoms with Crippen molar-refractivity contribution in [2.45, 2.75) is 98.3 Å². The number of carbonyl (C=O) groups is 1. The molecule has 1 aromatic heterocycles. The van der Waals surface area contributed by atoms with Crippen molar-refractivity contribution in [3.8, 4) is 11.3 Å². The van der Waals surface area contributed by atoms with Crippen LogP contribution in [0.25, 0.3) is 22.0 Å².